The molecule has 10 heavy (non-hydrogen) atoms. The predicted molar refractivity (Wildman–Crippen MR) is 35.6 cm³/mol. The summed E-state index contributed by atoms with van der Waals surface area (Å²) >= 11 is 0. The van der Waals surface area contributed by atoms with Gasteiger partial charge in [0.25, 0.3) is 0 Å². The fraction of sp³-hybridized carbons (Fsp3) is 0.857. The summed E-state index contributed by atoms with van der Waals surface area (Å²) in [5.74, 6) is 0. The van der Waals surface area contributed by atoms with Crippen molar-refractivity contribution in [1.29, 1.82) is 0 Å². The third-order valence-corrected chi connectivity index (χ3v) is 1.68. The SMILES string of the molecule is CC1OC(CC=O)OC1C. The van der Waals surface area contributed by atoms with Crippen LogP contribution in [0, 0.1) is 0 Å². The summed E-state index contributed by atoms with van der Waals surface area (Å²) in [6.45, 7) is 3.88. The van der Waals surface area contributed by atoms with Crippen LogP contribution in [0.25, 0.3) is 0 Å². The molecule has 0 N–H and O–H groups in total. The summed E-state index contributed by atoms with van der Waals surface area (Å²) in [5, 5.41) is 0. The van der Waals surface area contributed by atoms with Crippen LogP contribution < -0.4 is 0 Å². The fourth-order valence-electron chi connectivity index (χ4n) is 0.922. The number of ether oxygens (including phenoxy) is 2. The molecule has 0 aromatic heterocycles. The van der Waals surface area contributed by atoms with Gasteiger partial charge in [-0.3, -0.25) is 0 Å². The average Bonchev–Trinajstić information content (AvgIpc) is 2.14. The van der Waals surface area contributed by atoms with E-state index < -0.39 is 0 Å². The van der Waals surface area contributed by atoms with Crippen LogP contribution in [-0.4, -0.2) is 24.8 Å². The molecule has 0 aromatic rings. The van der Waals surface area contributed by atoms with Gasteiger partial charge in [0.1, 0.15) is 6.29 Å². The molecule has 0 saturated carbocycles. The van der Waals surface area contributed by atoms with E-state index in [9.17, 15) is 4.79 Å². The second-order valence-electron chi connectivity index (χ2n) is 2.51. The van der Waals surface area contributed by atoms with E-state index in [4.69, 9.17) is 9.47 Å². The van der Waals surface area contributed by atoms with E-state index in [-0.39, 0.29) is 18.5 Å². The zero-order chi connectivity index (χ0) is 7.56. The van der Waals surface area contributed by atoms with Crippen LogP contribution in [0.4, 0.5) is 0 Å². The van der Waals surface area contributed by atoms with Gasteiger partial charge in [-0.15, -0.1) is 0 Å². The van der Waals surface area contributed by atoms with Crippen molar-refractivity contribution in [3.05, 3.63) is 0 Å². The van der Waals surface area contributed by atoms with Crippen LogP contribution in [0.1, 0.15) is 20.3 Å². The minimum atomic E-state index is -0.303. The summed E-state index contributed by atoms with van der Waals surface area (Å²) in [4.78, 5) is 10.0. The first kappa shape index (κ1) is 7.69. The zero-order valence-electron chi connectivity index (χ0n) is 6.24. The first-order valence-corrected chi connectivity index (χ1v) is 3.48. The Morgan fingerprint density at radius 2 is 1.80 bits per heavy atom. The highest BCUT2D eigenvalue weighted by Gasteiger charge is 2.28. The van der Waals surface area contributed by atoms with Crippen molar-refractivity contribution in [2.45, 2.75) is 38.8 Å². The summed E-state index contributed by atoms with van der Waals surface area (Å²) in [6.07, 6.45) is 1.08. The van der Waals surface area contributed by atoms with E-state index in [0.29, 0.717) is 6.42 Å². The smallest absolute Gasteiger partial charge is 0.165 e. The number of aldehydes is 1. The molecule has 1 aliphatic heterocycles. The third kappa shape index (κ3) is 1.55. The standard InChI is InChI=1S/C7H12O3/c1-5-6(2)10-7(9-5)3-4-8/h4-7H,3H2,1-2H3. The van der Waals surface area contributed by atoms with Crippen LogP contribution in [-0.2, 0) is 14.3 Å². The molecule has 1 saturated heterocycles. The highest BCUT2D eigenvalue weighted by atomic mass is 16.7. The Hall–Kier alpha value is -0.410. The number of hydrogen-bond acceptors (Lipinski definition) is 3. The molecular weight excluding hydrogens is 132 g/mol. The van der Waals surface area contributed by atoms with E-state index >= 15 is 0 Å². The summed E-state index contributed by atoms with van der Waals surface area (Å²) < 4.78 is 10.5. The van der Waals surface area contributed by atoms with Crippen molar-refractivity contribution < 1.29 is 14.3 Å². The molecule has 0 aromatic carbocycles. The number of carbonyl (C=O) groups excluding carboxylic acids is 1. The van der Waals surface area contributed by atoms with E-state index in [1.165, 1.54) is 0 Å². The number of carbonyl (C=O) groups is 1. The number of hydrogen-bond donors (Lipinski definition) is 0. The summed E-state index contributed by atoms with van der Waals surface area (Å²) in [7, 11) is 0. The van der Waals surface area contributed by atoms with Gasteiger partial charge in [0.2, 0.25) is 0 Å². The van der Waals surface area contributed by atoms with E-state index in [1.807, 2.05) is 13.8 Å². The quantitative estimate of drug-likeness (QED) is 0.536. The lowest BCUT2D eigenvalue weighted by Crippen LogP contribution is -2.13. The lowest BCUT2D eigenvalue weighted by Gasteiger charge is -2.03. The van der Waals surface area contributed by atoms with Gasteiger partial charge in [0.05, 0.1) is 18.6 Å². The van der Waals surface area contributed by atoms with Crippen molar-refractivity contribution in [3.63, 3.8) is 0 Å². The molecule has 1 heterocycles. The van der Waals surface area contributed by atoms with E-state index in [2.05, 4.69) is 0 Å². The van der Waals surface area contributed by atoms with Crippen LogP contribution in [0.15, 0.2) is 0 Å². The largest absolute Gasteiger partial charge is 0.347 e. The lowest BCUT2D eigenvalue weighted by atomic mass is 10.3. The van der Waals surface area contributed by atoms with Crippen LogP contribution >= 0.6 is 0 Å². The van der Waals surface area contributed by atoms with Gasteiger partial charge in [-0.1, -0.05) is 0 Å². The van der Waals surface area contributed by atoms with Gasteiger partial charge in [-0.25, -0.2) is 0 Å². The first-order valence-electron chi connectivity index (χ1n) is 3.48. The molecule has 1 aliphatic rings. The molecule has 3 nitrogen and oxygen atoms in total. The first-order chi connectivity index (χ1) is 4.74. The molecule has 0 aliphatic carbocycles. The van der Waals surface area contributed by atoms with Crippen LogP contribution in [0.5, 0.6) is 0 Å². The van der Waals surface area contributed by atoms with Crippen LogP contribution in [0.3, 0.4) is 0 Å². The van der Waals surface area contributed by atoms with Gasteiger partial charge in [0, 0.05) is 0 Å². The van der Waals surface area contributed by atoms with Gasteiger partial charge >= 0.3 is 0 Å². The molecule has 0 spiro atoms. The highest BCUT2D eigenvalue weighted by molar-refractivity contribution is 5.49. The Morgan fingerprint density at radius 1 is 1.30 bits per heavy atom. The van der Waals surface area contributed by atoms with Gasteiger partial charge in [-0.05, 0) is 13.8 Å². The topological polar surface area (TPSA) is 35.5 Å². The molecule has 2 unspecified atom stereocenters. The Kier molecular flexibility index (Phi) is 2.40. The van der Waals surface area contributed by atoms with Crippen molar-refractivity contribution >= 4 is 6.29 Å². The molecule has 0 bridgehead atoms. The molecule has 3 heteroatoms. The van der Waals surface area contributed by atoms with Gasteiger partial charge in [0.15, 0.2) is 6.29 Å². The maximum Gasteiger partial charge on any atom is 0.165 e. The molecule has 0 amide bonds. The molecule has 2 atom stereocenters. The lowest BCUT2D eigenvalue weighted by molar-refractivity contribution is -0.118. The minimum Gasteiger partial charge on any atom is -0.347 e. The molecule has 58 valence electrons. The molecule has 1 rings (SSSR count). The van der Waals surface area contributed by atoms with Gasteiger partial charge < -0.3 is 14.3 Å². The fourth-order valence-corrected chi connectivity index (χ4v) is 0.922. The second-order valence-corrected chi connectivity index (χ2v) is 2.51. The highest BCUT2D eigenvalue weighted by Crippen LogP contribution is 2.19. The molecule has 0 radical (unpaired) electrons. The molecular formula is C7H12O3. The normalized spacial score (nSPS) is 40.0. The van der Waals surface area contributed by atoms with Crippen molar-refractivity contribution in [3.8, 4) is 0 Å². The van der Waals surface area contributed by atoms with E-state index in [1.54, 1.807) is 0 Å². The Balaban J connectivity index is 2.33. The minimum absolute atomic E-state index is 0.116. The van der Waals surface area contributed by atoms with E-state index in [0.717, 1.165) is 6.29 Å². The zero-order valence-corrected chi connectivity index (χ0v) is 6.24. The Labute approximate surface area is 60.3 Å². The van der Waals surface area contributed by atoms with Crippen molar-refractivity contribution in [2.24, 2.45) is 0 Å². The maximum absolute atomic E-state index is 10.0. The predicted octanol–water partition coefficient (Wildman–Crippen LogP) is 0.725. The number of rotatable bonds is 2. The molecule has 1 fully saturated rings. The average molecular weight is 144 g/mol. The third-order valence-electron chi connectivity index (χ3n) is 1.68. The Bertz CT molecular complexity index is 114. The summed E-state index contributed by atoms with van der Waals surface area (Å²) in [6, 6.07) is 0. The maximum atomic E-state index is 10.0. The van der Waals surface area contributed by atoms with Crippen molar-refractivity contribution in [1.82, 2.24) is 0 Å². The summed E-state index contributed by atoms with van der Waals surface area (Å²) in [5.41, 5.74) is 0. The van der Waals surface area contributed by atoms with Crippen LogP contribution in [0.2, 0.25) is 0 Å². The Morgan fingerprint density at radius 3 is 2.20 bits per heavy atom. The van der Waals surface area contributed by atoms with Gasteiger partial charge in [-0.2, -0.15) is 0 Å². The van der Waals surface area contributed by atoms with Crippen molar-refractivity contribution in [2.75, 3.05) is 0 Å². The second kappa shape index (κ2) is 3.12. The monoisotopic (exact) mass is 144 g/mol.